The third-order valence-electron chi connectivity index (χ3n) is 2.90. The first-order valence-electron chi connectivity index (χ1n) is 6.35. The summed E-state index contributed by atoms with van der Waals surface area (Å²) in [6, 6.07) is 14.5. The fourth-order valence-corrected chi connectivity index (χ4v) is 1.84. The van der Waals surface area contributed by atoms with Crippen molar-refractivity contribution in [2.24, 2.45) is 0 Å². The lowest BCUT2D eigenvalue weighted by molar-refractivity contribution is -0.122. The molecule has 104 valence electrons. The van der Waals surface area contributed by atoms with Gasteiger partial charge in [0.2, 0.25) is 0 Å². The number of ether oxygens (including phenoxy) is 1. The molecule has 20 heavy (non-hydrogen) atoms. The van der Waals surface area contributed by atoms with E-state index in [0.717, 1.165) is 11.3 Å². The second-order valence-corrected chi connectivity index (χ2v) is 4.95. The number of hydrogen-bond donors (Lipinski definition) is 1. The van der Waals surface area contributed by atoms with Crippen LogP contribution in [0.5, 0.6) is 5.75 Å². The molecular weight excluding hydrogens is 274 g/mol. The summed E-state index contributed by atoms with van der Waals surface area (Å²) in [6.45, 7) is 3.66. The Morgan fingerprint density at radius 3 is 2.45 bits per heavy atom. The van der Waals surface area contributed by atoms with Crippen LogP contribution in [0.2, 0.25) is 5.02 Å². The van der Waals surface area contributed by atoms with Crippen LogP contribution in [0.25, 0.3) is 0 Å². The number of aryl methyl sites for hydroxylation is 1. The Hall–Kier alpha value is -2.00. The van der Waals surface area contributed by atoms with Gasteiger partial charge in [-0.1, -0.05) is 29.8 Å². The smallest absolute Gasteiger partial charge is 0.265 e. The van der Waals surface area contributed by atoms with Crippen molar-refractivity contribution in [2.45, 2.75) is 20.0 Å². The standard InChI is InChI=1S/C16H16ClNO2/c1-11-5-3-4-6-15(11)18-16(19)12(2)20-14-9-7-13(17)8-10-14/h3-10,12H,1-2H3,(H,18,19)/t12-/m0/s1. The van der Waals surface area contributed by atoms with Gasteiger partial charge in [-0.3, -0.25) is 4.79 Å². The molecule has 2 aromatic rings. The van der Waals surface area contributed by atoms with Gasteiger partial charge in [0.1, 0.15) is 5.75 Å². The topological polar surface area (TPSA) is 38.3 Å². The lowest BCUT2D eigenvalue weighted by Gasteiger charge is -2.15. The van der Waals surface area contributed by atoms with Gasteiger partial charge in [0.05, 0.1) is 0 Å². The molecule has 0 unspecified atom stereocenters. The van der Waals surface area contributed by atoms with Crippen molar-refractivity contribution in [1.29, 1.82) is 0 Å². The zero-order valence-electron chi connectivity index (χ0n) is 11.4. The molecule has 1 amide bonds. The summed E-state index contributed by atoms with van der Waals surface area (Å²) < 4.78 is 5.57. The highest BCUT2D eigenvalue weighted by Crippen LogP contribution is 2.18. The Balaban J connectivity index is 1.99. The largest absolute Gasteiger partial charge is 0.481 e. The predicted octanol–water partition coefficient (Wildman–Crippen LogP) is 4.05. The summed E-state index contributed by atoms with van der Waals surface area (Å²) in [4.78, 5) is 12.1. The highest BCUT2D eigenvalue weighted by Gasteiger charge is 2.15. The maximum Gasteiger partial charge on any atom is 0.265 e. The van der Waals surface area contributed by atoms with Crippen LogP contribution >= 0.6 is 11.6 Å². The predicted molar refractivity (Wildman–Crippen MR) is 81.4 cm³/mol. The van der Waals surface area contributed by atoms with Crippen LogP contribution in [0.3, 0.4) is 0 Å². The van der Waals surface area contributed by atoms with Crippen LogP contribution in [-0.4, -0.2) is 12.0 Å². The number of benzene rings is 2. The molecule has 0 bridgehead atoms. The Morgan fingerprint density at radius 2 is 1.80 bits per heavy atom. The van der Waals surface area contributed by atoms with Gasteiger partial charge >= 0.3 is 0 Å². The first-order chi connectivity index (χ1) is 9.56. The molecule has 2 aromatic carbocycles. The molecule has 0 heterocycles. The normalized spacial score (nSPS) is 11.8. The molecule has 0 fully saturated rings. The molecule has 4 heteroatoms. The fourth-order valence-electron chi connectivity index (χ4n) is 1.72. The van der Waals surface area contributed by atoms with E-state index in [4.69, 9.17) is 16.3 Å². The van der Waals surface area contributed by atoms with Crippen molar-refractivity contribution in [2.75, 3.05) is 5.32 Å². The molecule has 0 aliphatic heterocycles. The summed E-state index contributed by atoms with van der Waals surface area (Å²) >= 11 is 5.80. The Labute approximate surface area is 123 Å². The molecule has 2 rings (SSSR count). The maximum absolute atomic E-state index is 12.1. The average molecular weight is 290 g/mol. The minimum Gasteiger partial charge on any atom is -0.481 e. The summed E-state index contributed by atoms with van der Waals surface area (Å²) in [5.74, 6) is 0.427. The molecule has 1 N–H and O–H groups in total. The molecule has 0 saturated heterocycles. The highest BCUT2D eigenvalue weighted by atomic mass is 35.5. The number of carbonyl (C=O) groups is 1. The number of amides is 1. The minimum absolute atomic E-state index is 0.186. The van der Waals surface area contributed by atoms with Crippen LogP contribution < -0.4 is 10.1 Å². The molecular formula is C16H16ClNO2. The van der Waals surface area contributed by atoms with E-state index in [9.17, 15) is 4.79 Å². The summed E-state index contributed by atoms with van der Waals surface area (Å²) in [5.41, 5.74) is 1.81. The minimum atomic E-state index is -0.587. The van der Waals surface area contributed by atoms with Crippen molar-refractivity contribution in [1.82, 2.24) is 0 Å². The molecule has 0 spiro atoms. The van der Waals surface area contributed by atoms with Crippen molar-refractivity contribution in [3.05, 3.63) is 59.1 Å². The number of carbonyl (C=O) groups excluding carboxylic acids is 1. The molecule has 0 aliphatic rings. The highest BCUT2D eigenvalue weighted by molar-refractivity contribution is 6.30. The quantitative estimate of drug-likeness (QED) is 0.922. The molecule has 1 atom stereocenters. The maximum atomic E-state index is 12.1. The summed E-state index contributed by atoms with van der Waals surface area (Å²) in [5, 5.41) is 3.49. The number of para-hydroxylation sites is 1. The van der Waals surface area contributed by atoms with Crippen molar-refractivity contribution >= 4 is 23.2 Å². The number of hydrogen-bond acceptors (Lipinski definition) is 2. The first-order valence-corrected chi connectivity index (χ1v) is 6.73. The molecule has 0 aliphatic carbocycles. The van der Waals surface area contributed by atoms with Gasteiger partial charge in [-0.05, 0) is 49.7 Å². The second kappa shape index (κ2) is 6.44. The second-order valence-electron chi connectivity index (χ2n) is 4.52. The van der Waals surface area contributed by atoms with E-state index in [2.05, 4.69) is 5.32 Å². The van der Waals surface area contributed by atoms with E-state index in [-0.39, 0.29) is 5.91 Å². The van der Waals surface area contributed by atoms with Gasteiger partial charge in [0.15, 0.2) is 6.10 Å². The average Bonchev–Trinajstić information content (AvgIpc) is 2.44. The van der Waals surface area contributed by atoms with Gasteiger partial charge in [-0.15, -0.1) is 0 Å². The third-order valence-corrected chi connectivity index (χ3v) is 3.15. The molecule has 0 saturated carbocycles. The molecule has 0 aromatic heterocycles. The van der Waals surface area contributed by atoms with E-state index < -0.39 is 6.10 Å². The van der Waals surface area contributed by atoms with Crippen LogP contribution in [-0.2, 0) is 4.79 Å². The van der Waals surface area contributed by atoms with Gasteiger partial charge < -0.3 is 10.1 Å². The van der Waals surface area contributed by atoms with E-state index >= 15 is 0 Å². The summed E-state index contributed by atoms with van der Waals surface area (Å²) in [6.07, 6.45) is -0.587. The first kappa shape index (κ1) is 14.4. The summed E-state index contributed by atoms with van der Waals surface area (Å²) in [7, 11) is 0. The van der Waals surface area contributed by atoms with E-state index in [1.165, 1.54) is 0 Å². The Bertz CT molecular complexity index is 596. The van der Waals surface area contributed by atoms with Crippen LogP contribution in [0.15, 0.2) is 48.5 Å². The number of rotatable bonds is 4. The van der Waals surface area contributed by atoms with Crippen molar-refractivity contribution in [3.63, 3.8) is 0 Å². The van der Waals surface area contributed by atoms with Crippen LogP contribution in [0, 0.1) is 6.92 Å². The number of halogens is 1. The monoisotopic (exact) mass is 289 g/mol. The Morgan fingerprint density at radius 1 is 1.15 bits per heavy atom. The SMILES string of the molecule is Cc1ccccc1NC(=O)[C@H](C)Oc1ccc(Cl)cc1. The van der Waals surface area contributed by atoms with Gasteiger partial charge in [0, 0.05) is 10.7 Å². The van der Waals surface area contributed by atoms with E-state index in [1.807, 2.05) is 31.2 Å². The van der Waals surface area contributed by atoms with Gasteiger partial charge in [-0.2, -0.15) is 0 Å². The van der Waals surface area contributed by atoms with E-state index in [1.54, 1.807) is 31.2 Å². The van der Waals surface area contributed by atoms with Crippen molar-refractivity contribution in [3.8, 4) is 5.75 Å². The molecule has 3 nitrogen and oxygen atoms in total. The zero-order chi connectivity index (χ0) is 14.5. The Kier molecular flexibility index (Phi) is 4.64. The van der Waals surface area contributed by atoms with Crippen LogP contribution in [0.4, 0.5) is 5.69 Å². The lowest BCUT2D eigenvalue weighted by Crippen LogP contribution is -2.30. The van der Waals surface area contributed by atoms with Gasteiger partial charge in [-0.25, -0.2) is 0 Å². The fraction of sp³-hybridized carbons (Fsp3) is 0.188. The van der Waals surface area contributed by atoms with Gasteiger partial charge in [0.25, 0.3) is 5.91 Å². The number of anilines is 1. The molecule has 0 radical (unpaired) electrons. The zero-order valence-corrected chi connectivity index (χ0v) is 12.1. The van der Waals surface area contributed by atoms with E-state index in [0.29, 0.717) is 10.8 Å². The van der Waals surface area contributed by atoms with Crippen LogP contribution in [0.1, 0.15) is 12.5 Å². The van der Waals surface area contributed by atoms with Crippen molar-refractivity contribution < 1.29 is 9.53 Å². The lowest BCUT2D eigenvalue weighted by atomic mass is 10.2. The number of nitrogens with one attached hydrogen (secondary N) is 1. The third kappa shape index (κ3) is 3.75.